The van der Waals surface area contributed by atoms with Crippen LogP contribution in [0.3, 0.4) is 0 Å². The van der Waals surface area contributed by atoms with Crippen LogP contribution in [0.2, 0.25) is 0 Å². The number of hydrogen-bond donors (Lipinski definition) is 2. The molecule has 0 radical (unpaired) electrons. The molecule has 5 nitrogen and oxygen atoms in total. The lowest BCUT2D eigenvalue weighted by Crippen LogP contribution is -2.47. The Bertz CT molecular complexity index is 658. The summed E-state index contributed by atoms with van der Waals surface area (Å²) in [5.41, 5.74) is 9.05. The summed E-state index contributed by atoms with van der Waals surface area (Å²) in [4.78, 5) is 27.0. The minimum absolute atomic E-state index is 0.00602. The Kier molecular flexibility index (Phi) is 5.42. The number of rotatable bonds is 4. The fourth-order valence-corrected chi connectivity index (χ4v) is 4.12. The predicted molar refractivity (Wildman–Crippen MR) is 99.3 cm³/mol. The van der Waals surface area contributed by atoms with Gasteiger partial charge < -0.3 is 16.0 Å². The zero-order valence-corrected chi connectivity index (χ0v) is 15.3. The maximum atomic E-state index is 12.7. The Morgan fingerprint density at radius 3 is 2.80 bits per heavy atom. The third kappa shape index (κ3) is 3.71. The van der Waals surface area contributed by atoms with Gasteiger partial charge in [-0.15, -0.1) is 0 Å². The highest BCUT2D eigenvalue weighted by Gasteiger charge is 2.37. The van der Waals surface area contributed by atoms with Crippen LogP contribution in [0.15, 0.2) is 18.2 Å². The van der Waals surface area contributed by atoms with Crippen LogP contribution in [0.4, 0.5) is 5.69 Å². The maximum Gasteiger partial charge on any atom is 0.227 e. The SMILES string of the molecule is Cc1cccc(N2CC(C(=O)NC3CCCCC3CN)CC2=O)c1C. The minimum atomic E-state index is -0.271. The van der Waals surface area contributed by atoms with Gasteiger partial charge in [-0.05, 0) is 56.3 Å². The summed E-state index contributed by atoms with van der Waals surface area (Å²) in [6.07, 6.45) is 4.70. The highest BCUT2D eigenvalue weighted by molar-refractivity contribution is 6.01. The van der Waals surface area contributed by atoms with E-state index in [0.29, 0.717) is 25.4 Å². The Hall–Kier alpha value is -1.88. The second-order valence-electron chi connectivity index (χ2n) is 7.52. The van der Waals surface area contributed by atoms with Crippen molar-refractivity contribution in [1.82, 2.24) is 5.32 Å². The fourth-order valence-electron chi connectivity index (χ4n) is 4.12. The quantitative estimate of drug-likeness (QED) is 0.881. The molecule has 2 aliphatic rings. The number of nitrogens with one attached hydrogen (secondary N) is 1. The standard InChI is InChI=1S/C20H29N3O2/c1-13-6-5-9-18(14(13)2)23-12-16(10-19(23)24)20(25)22-17-8-4-3-7-15(17)11-21/h5-6,9,15-17H,3-4,7-8,10-12,21H2,1-2H3,(H,22,25). The summed E-state index contributed by atoms with van der Waals surface area (Å²) in [6.45, 7) is 5.15. The predicted octanol–water partition coefficient (Wildman–Crippen LogP) is 2.29. The molecule has 1 aromatic rings. The Balaban J connectivity index is 1.67. The van der Waals surface area contributed by atoms with Gasteiger partial charge in [-0.2, -0.15) is 0 Å². The van der Waals surface area contributed by atoms with Gasteiger partial charge in [0.1, 0.15) is 0 Å². The van der Waals surface area contributed by atoms with E-state index in [4.69, 9.17) is 5.73 Å². The van der Waals surface area contributed by atoms with Gasteiger partial charge in [-0.3, -0.25) is 9.59 Å². The number of anilines is 1. The average Bonchev–Trinajstić information content (AvgIpc) is 2.99. The first-order valence-electron chi connectivity index (χ1n) is 9.38. The van der Waals surface area contributed by atoms with Gasteiger partial charge in [0, 0.05) is 24.7 Å². The molecule has 1 heterocycles. The van der Waals surface area contributed by atoms with Gasteiger partial charge in [0.15, 0.2) is 0 Å². The number of nitrogens with two attached hydrogens (primary N) is 1. The van der Waals surface area contributed by atoms with Gasteiger partial charge >= 0.3 is 0 Å². The second-order valence-corrected chi connectivity index (χ2v) is 7.52. The molecule has 1 saturated heterocycles. The zero-order valence-electron chi connectivity index (χ0n) is 15.3. The topological polar surface area (TPSA) is 75.4 Å². The summed E-state index contributed by atoms with van der Waals surface area (Å²) in [6, 6.07) is 6.13. The molecule has 2 amide bonds. The summed E-state index contributed by atoms with van der Waals surface area (Å²) in [5, 5.41) is 3.18. The average molecular weight is 343 g/mol. The third-order valence-corrected chi connectivity index (χ3v) is 5.90. The summed E-state index contributed by atoms with van der Waals surface area (Å²) < 4.78 is 0. The van der Waals surface area contributed by atoms with Crippen molar-refractivity contribution in [2.45, 2.75) is 52.0 Å². The van der Waals surface area contributed by atoms with Crippen molar-refractivity contribution in [3.63, 3.8) is 0 Å². The molecule has 1 aliphatic heterocycles. The largest absolute Gasteiger partial charge is 0.353 e. The van der Waals surface area contributed by atoms with Gasteiger partial charge in [-0.1, -0.05) is 25.0 Å². The molecule has 3 N–H and O–H groups in total. The van der Waals surface area contributed by atoms with Gasteiger partial charge in [0.05, 0.1) is 5.92 Å². The lowest BCUT2D eigenvalue weighted by molar-refractivity contribution is -0.127. The van der Waals surface area contributed by atoms with Crippen LogP contribution in [0.25, 0.3) is 0 Å². The van der Waals surface area contributed by atoms with Crippen LogP contribution in [0.5, 0.6) is 0 Å². The first kappa shape index (κ1) is 17.9. The van der Waals surface area contributed by atoms with Crippen LogP contribution < -0.4 is 16.0 Å². The maximum absolute atomic E-state index is 12.7. The van der Waals surface area contributed by atoms with E-state index in [1.54, 1.807) is 4.90 Å². The normalized spacial score (nSPS) is 26.8. The number of aryl methyl sites for hydroxylation is 1. The minimum Gasteiger partial charge on any atom is -0.353 e. The number of carbonyl (C=O) groups excluding carboxylic acids is 2. The van der Waals surface area contributed by atoms with Crippen LogP contribution >= 0.6 is 0 Å². The molecule has 1 aromatic carbocycles. The fraction of sp³-hybridized carbons (Fsp3) is 0.600. The molecule has 2 fully saturated rings. The Morgan fingerprint density at radius 2 is 2.04 bits per heavy atom. The van der Waals surface area contributed by atoms with Crippen LogP contribution in [0, 0.1) is 25.7 Å². The Morgan fingerprint density at radius 1 is 1.28 bits per heavy atom. The van der Waals surface area contributed by atoms with Crippen molar-refractivity contribution in [1.29, 1.82) is 0 Å². The number of amides is 2. The molecule has 3 atom stereocenters. The second kappa shape index (κ2) is 7.56. The third-order valence-electron chi connectivity index (χ3n) is 5.90. The molecular weight excluding hydrogens is 314 g/mol. The number of hydrogen-bond acceptors (Lipinski definition) is 3. The van der Waals surface area contributed by atoms with Gasteiger partial charge in [0.25, 0.3) is 0 Å². The summed E-state index contributed by atoms with van der Waals surface area (Å²) in [7, 11) is 0. The van der Waals surface area contributed by atoms with Gasteiger partial charge in [-0.25, -0.2) is 0 Å². The van der Waals surface area contributed by atoms with Crippen molar-refractivity contribution < 1.29 is 9.59 Å². The lowest BCUT2D eigenvalue weighted by atomic mass is 9.84. The van der Waals surface area contributed by atoms with E-state index in [1.165, 1.54) is 6.42 Å². The van der Waals surface area contributed by atoms with Crippen molar-refractivity contribution in [3.05, 3.63) is 29.3 Å². The van der Waals surface area contributed by atoms with E-state index in [2.05, 4.69) is 5.32 Å². The molecule has 3 rings (SSSR count). The first-order valence-corrected chi connectivity index (χ1v) is 9.38. The molecular formula is C20H29N3O2. The van der Waals surface area contributed by atoms with Crippen molar-refractivity contribution >= 4 is 17.5 Å². The van der Waals surface area contributed by atoms with Crippen molar-refractivity contribution in [2.75, 3.05) is 18.0 Å². The highest BCUT2D eigenvalue weighted by atomic mass is 16.2. The summed E-state index contributed by atoms with van der Waals surface area (Å²) >= 11 is 0. The van der Waals surface area contributed by atoms with Crippen LogP contribution in [-0.4, -0.2) is 30.9 Å². The van der Waals surface area contributed by atoms with Gasteiger partial charge in [0.2, 0.25) is 11.8 Å². The van der Waals surface area contributed by atoms with Crippen LogP contribution in [-0.2, 0) is 9.59 Å². The van der Waals surface area contributed by atoms with E-state index in [0.717, 1.165) is 36.1 Å². The Labute approximate surface area is 150 Å². The first-order chi connectivity index (χ1) is 12.0. The highest BCUT2D eigenvalue weighted by Crippen LogP contribution is 2.30. The summed E-state index contributed by atoms with van der Waals surface area (Å²) in [5.74, 6) is 0.136. The molecule has 0 aromatic heterocycles. The van der Waals surface area contributed by atoms with Crippen molar-refractivity contribution in [3.8, 4) is 0 Å². The van der Waals surface area contributed by atoms with E-state index in [9.17, 15) is 9.59 Å². The number of carbonyl (C=O) groups is 2. The molecule has 0 bridgehead atoms. The smallest absolute Gasteiger partial charge is 0.227 e. The number of benzene rings is 1. The van der Waals surface area contributed by atoms with E-state index in [-0.39, 0.29) is 23.8 Å². The van der Waals surface area contributed by atoms with E-state index >= 15 is 0 Å². The van der Waals surface area contributed by atoms with Crippen LogP contribution in [0.1, 0.15) is 43.2 Å². The molecule has 1 saturated carbocycles. The van der Waals surface area contributed by atoms with Crippen molar-refractivity contribution in [2.24, 2.45) is 17.6 Å². The lowest BCUT2D eigenvalue weighted by Gasteiger charge is -2.32. The molecule has 3 unspecified atom stereocenters. The molecule has 25 heavy (non-hydrogen) atoms. The number of nitrogens with zero attached hydrogens (tertiary/aromatic N) is 1. The monoisotopic (exact) mass is 343 g/mol. The molecule has 1 aliphatic carbocycles. The molecule has 0 spiro atoms. The van der Waals surface area contributed by atoms with E-state index < -0.39 is 0 Å². The molecule has 5 heteroatoms. The van der Waals surface area contributed by atoms with E-state index in [1.807, 2.05) is 32.0 Å². The molecule has 136 valence electrons. The zero-order chi connectivity index (χ0) is 18.0.